The highest BCUT2D eigenvalue weighted by molar-refractivity contribution is 5.87. The summed E-state index contributed by atoms with van der Waals surface area (Å²) in [6.07, 6.45) is -2.04. The van der Waals surface area contributed by atoms with Crippen molar-refractivity contribution in [1.82, 2.24) is 0 Å². The Hall–Kier alpha value is -5.18. The van der Waals surface area contributed by atoms with E-state index in [1.165, 1.54) is 0 Å². The van der Waals surface area contributed by atoms with Crippen LogP contribution in [0.15, 0.2) is 121 Å². The molecule has 2 unspecified atom stereocenters. The van der Waals surface area contributed by atoms with Gasteiger partial charge in [-0.15, -0.1) is 0 Å². The third-order valence-electron chi connectivity index (χ3n) is 7.95. The quantitative estimate of drug-likeness (QED) is 0.0968. The number of hydrogen-bond donors (Lipinski definition) is 2. The third-order valence-corrected chi connectivity index (χ3v) is 7.95. The molecule has 0 saturated heterocycles. The Morgan fingerprint density at radius 1 is 0.612 bits per heavy atom. The van der Waals surface area contributed by atoms with E-state index in [0.29, 0.717) is 11.5 Å². The summed E-state index contributed by atoms with van der Waals surface area (Å²) in [4.78, 5) is 23.5. The van der Waals surface area contributed by atoms with Crippen molar-refractivity contribution >= 4 is 11.9 Å². The molecule has 49 heavy (non-hydrogen) atoms. The summed E-state index contributed by atoms with van der Waals surface area (Å²) >= 11 is 0. The Kier molecular flexibility index (Phi) is 12.5. The lowest BCUT2D eigenvalue weighted by Gasteiger charge is -2.29. The second kappa shape index (κ2) is 16.8. The molecule has 256 valence electrons. The molecule has 4 aromatic rings. The van der Waals surface area contributed by atoms with Gasteiger partial charge in [0.25, 0.3) is 0 Å². The largest absolute Gasteiger partial charge is 0.490 e. The van der Waals surface area contributed by atoms with E-state index >= 15 is 0 Å². The Balaban J connectivity index is 1.62. The fraction of sp³-hybridized carbons (Fsp3) is 0.268. The molecule has 8 heteroatoms. The van der Waals surface area contributed by atoms with Gasteiger partial charge in [0.15, 0.2) is 0 Å². The summed E-state index contributed by atoms with van der Waals surface area (Å²) in [6.45, 7) is 13.9. The predicted molar refractivity (Wildman–Crippen MR) is 190 cm³/mol. The van der Waals surface area contributed by atoms with Crippen molar-refractivity contribution < 1.29 is 38.7 Å². The van der Waals surface area contributed by atoms with E-state index in [2.05, 4.69) is 39.1 Å². The number of rotatable bonds is 16. The molecule has 0 aliphatic carbocycles. The molecular formula is C41H44O8. The van der Waals surface area contributed by atoms with Crippen LogP contribution in [-0.2, 0) is 24.5 Å². The molecule has 0 aliphatic heterocycles. The molecule has 0 spiro atoms. The van der Waals surface area contributed by atoms with Crippen LogP contribution in [0.1, 0.15) is 38.8 Å². The molecule has 0 fully saturated rings. The van der Waals surface area contributed by atoms with Crippen LogP contribution in [0.3, 0.4) is 0 Å². The van der Waals surface area contributed by atoms with Crippen LogP contribution in [0.25, 0.3) is 22.3 Å². The van der Waals surface area contributed by atoms with Gasteiger partial charge in [0.2, 0.25) is 0 Å². The van der Waals surface area contributed by atoms with E-state index in [-0.39, 0.29) is 37.6 Å². The molecule has 0 saturated carbocycles. The topological polar surface area (TPSA) is 112 Å². The SMILES string of the molecule is C=C(C)C(=O)OCC(O)COc1ccc(C(C)(C)c2ccc(OCC(O)COC(=O)C(=C)C)c(-c3ccccc3)c2)cc1-c1ccccc1. The van der Waals surface area contributed by atoms with Crippen molar-refractivity contribution in [2.75, 3.05) is 26.4 Å². The van der Waals surface area contributed by atoms with E-state index in [1.807, 2.05) is 84.9 Å². The van der Waals surface area contributed by atoms with Gasteiger partial charge >= 0.3 is 11.9 Å². The molecular weight excluding hydrogens is 620 g/mol. The molecule has 0 aliphatic rings. The average Bonchev–Trinajstić information content (AvgIpc) is 3.11. The minimum absolute atomic E-state index is 0.0705. The lowest BCUT2D eigenvalue weighted by Crippen LogP contribution is -2.26. The molecule has 0 bridgehead atoms. The maximum absolute atomic E-state index is 11.7. The second-order valence-corrected chi connectivity index (χ2v) is 12.5. The van der Waals surface area contributed by atoms with Crippen LogP contribution in [0.2, 0.25) is 0 Å². The van der Waals surface area contributed by atoms with Gasteiger partial charge in [-0.1, -0.05) is 99.8 Å². The van der Waals surface area contributed by atoms with Crippen molar-refractivity contribution in [3.63, 3.8) is 0 Å². The van der Waals surface area contributed by atoms with E-state index in [0.717, 1.165) is 33.4 Å². The lowest BCUT2D eigenvalue weighted by molar-refractivity contribution is -0.143. The summed E-state index contributed by atoms with van der Waals surface area (Å²) in [6, 6.07) is 31.7. The van der Waals surface area contributed by atoms with E-state index in [1.54, 1.807) is 13.8 Å². The Bertz CT molecular complexity index is 1630. The molecule has 4 aromatic carbocycles. The van der Waals surface area contributed by atoms with Crippen LogP contribution in [0.5, 0.6) is 11.5 Å². The highest BCUT2D eigenvalue weighted by Crippen LogP contribution is 2.41. The van der Waals surface area contributed by atoms with Crippen molar-refractivity contribution in [3.8, 4) is 33.8 Å². The Morgan fingerprint density at radius 3 is 1.33 bits per heavy atom. The molecule has 0 amide bonds. The van der Waals surface area contributed by atoms with Gasteiger partial charge in [0, 0.05) is 27.7 Å². The first-order valence-corrected chi connectivity index (χ1v) is 16.0. The minimum atomic E-state index is -1.02. The first kappa shape index (κ1) is 36.7. The zero-order chi connectivity index (χ0) is 35.6. The molecule has 0 heterocycles. The van der Waals surface area contributed by atoms with Crippen molar-refractivity contribution in [1.29, 1.82) is 0 Å². The summed E-state index contributed by atoms with van der Waals surface area (Å²) in [5.74, 6) is 0.0316. The maximum atomic E-state index is 11.7. The number of carbonyl (C=O) groups is 2. The minimum Gasteiger partial charge on any atom is -0.490 e. The standard InChI is InChI=1S/C41H44O8/c1-27(2)39(44)48-25-33(42)23-46-37-19-17-31(21-35(37)29-13-9-7-10-14-29)41(5,6)32-18-20-38(36(22-32)30-15-11-8-12-16-30)47-24-34(43)26-49-40(45)28(3)4/h7-22,33-34,42-43H,1,3,23-26H2,2,4-6H3. The molecule has 0 aromatic heterocycles. The number of carbonyl (C=O) groups excluding carboxylic acids is 2. The Labute approximate surface area is 288 Å². The van der Waals surface area contributed by atoms with Crippen molar-refractivity contribution in [2.24, 2.45) is 0 Å². The summed E-state index contributed by atoms with van der Waals surface area (Å²) in [5, 5.41) is 20.9. The van der Waals surface area contributed by atoms with Crippen LogP contribution in [0, 0.1) is 0 Å². The number of ether oxygens (including phenoxy) is 4. The molecule has 2 atom stereocenters. The zero-order valence-electron chi connectivity index (χ0n) is 28.5. The number of benzene rings is 4. The number of aliphatic hydroxyl groups excluding tert-OH is 2. The second-order valence-electron chi connectivity index (χ2n) is 12.5. The molecule has 8 nitrogen and oxygen atoms in total. The van der Waals surface area contributed by atoms with E-state index in [4.69, 9.17) is 18.9 Å². The fourth-order valence-electron chi connectivity index (χ4n) is 5.00. The van der Waals surface area contributed by atoms with Crippen molar-refractivity contribution in [3.05, 3.63) is 132 Å². The number of aliphatic hydroxyl groups is 2. The van der Waals surface area contributed by atoms with Gasteiger partial charge in [-0.2, -0.15) is 0 Å². The third kappa shape index (κ3) is 9.92. The van der Waals surface area contributed by atoms with Gasteiger partial charge in [-0.3, -0.25) is 0 Å². The summed E-state index contributed by atoms with van der Waals surface area (Å²) in [5.41, 5.74) is 5.68. The molecule has 0 radical (unpaired) electrons. The predicted octanol–water partition coefficient (Wildman–Crippen LogP) is 7.06. The van der Waals surface area contributed by atoms with Gasteiger partial charge in [-0.25, -0.2) is 9.59 Å². The summed E-state index contributed by atoms with van der Waals surface area (Å²) in [7, 11) is 0. The van der Waals surface area contributed by atoms with Crippen LogP contribution in [-0.4, -0.2) is 60.8 Å². The van der Waals surface area contributed by atoms with Crippen LogP contribution >= 0.6 is 0 Å². The van der Waals surface area contributed by atoms with Gasteiger partial charge < -0.3 is 29.2 Å². The number of hydrogen-bond acceptors (Lipinski definition) is 8. The zero-order valence-corrected chi connectivity index (χ0v) is 28.5. The summed E-state index contributed by atoms with van der Waals surface area (Å²) < 4.78 is 22.3. The average molecular weight is 665 g/mol. The molecule has 4 rings (SSSR count). The van der Waals surface area contributed by atoms with E-state index < -0.39 is 29.6 Å². The first-order chi connectivity index (χ1) is 23.4. The smallest absolute Gasteiger partial charge is 0.333 e. The highest BCUT2D eigenvalue weighted by atomic mass is 16.6. The van der Waals surface area contributed by atoms with Crippen LogP contribution in [0.4, 0.5) is 0 Å². The van der Waals surface area contributed by atoms with Crippen LogP contribution < -0.4 is 9.47 Å². The Morgan fingerprint density at radius 2 is 0.980 bits per heavy atom. The molecule has 2 N–H and O–H groups in total. The monoisotopic (exact) mass is 664 g/mol. The highest BCUT2D eigenvalue weighted by Gasteiger charge is 2.27. The lowest BCUT2D eigenvalue weighted by atomic mass is 9.76. The first-order valence-electron chi connectivity index (χ1n) is 16.0. The fourth-order valence-corrected chi connectivity index (χ4v) is 5.00. The van der Waals surface area contributed by atoms with Gasteiger partial charge in [-0.05, 0) is 60.4 Å². The van der Waals surface area contributed by atoms with Crippen molar-refractivity contribution in [2.45, 2.75) is 45.3 Å². The van der Waals surface area contributed by atoms with E-state index in [9.17, 15) is 19.8 Å². The number of esters is 2. The normalized spacial score (nSPS) is 12.4. The van der Waals surface area contributed by atoms with Gasteiger partial charge in [0.1, 0.15) is 50.1 Å². The van der Waals surface area contributed by atoms with Gasteiger partial charge in [0.05, 0.1) is 0 Å². The maximum Gasteiger partial charge on any atom is 0.333 e.